The quantitative estimate of drug-likeness (QED) is 0.135. The number of aromatic amines is 1. The lowest BCUT2D eigenvalue weighted by atomic mass is 9.94. The summed E-state index contributed by atoms with van der Waals surface area (Å²) < 4.78 is 65.8. The van der Waals surface area contributed by atoms with Crippen molar-refractivity contribution in [2.45, 2.75) is 79.4 Å². The molecule has 332 valence electrons. The van der Waals surface area contributed by atoms with Gasteiger partial charge in [0.1, 0.15) is 29.3 Å². The van der Waals surface area contributed by atoms with Crippen LogP contribution in [0.2, 0.25) is 0 Å². The number of ether oxygens (including phenoxy) is 2. The second-order valence-corrected chi connectivity index (χ2v) is 17.2. The lowest BCUT2D eigenvalue weighted by Crippen LogP contribution is -2.56. The molecule has 3 N–H and O–H groups in total. The van der Waals surface area contributed by atoms with Crippen molar-refractivity contribution in [1.82, 2.24) is 30.1 Å². The summed E-state index contributed by atoms with van der Waals surface area (Å²) in [5, 5.41) is 4.97. The number of hydrogen-bond acceptors (Lipinski definition) is 9. The van der Waals surface area contributed by atoms with Gasteiger partial charge in [0.25, 0.3) is 5.91 Å². The van der Waals surface area contributed by atoms with E-state index in [4.69, 9.17) is 4.74 Å². The van der Waals surface area contributed by atoms with E-state index in [0.29, 0.717) is 55.5 Å². The molecular weight excluding hydrogens is 813 g/mol. The van der Waals surface area contributed by atoms with Gasteiger partial charge in [-0.2, -0.15) is 0 Å². The maximum absolute atomic E-state index is 15.7. The molecule has 2 aromatic heterocycles. The summed E-state index contributed by atoms with van der Waals surface area (Å²) in [7, 11) is 1.23. The van der Waals surface area contributed by atoms with Gasteiger partial charge in [0.2, 0.25) is 11.8 Å². The average Bonchev–Trinajstić information content (AvgIpc) is 3.86. The molecule has 0 radical (unpaired) electrons. The first-order valence-corrected chi connectivity index (χ1v) is 20.4. The molecule has 4 heterocycles. The Balaban J connectivity index is 1.17. The van der Waals surface area contributed by atoms with Gasteiger partial charge in [-0.25, -0.2) is 19.2 Å². The van der Waals surface area contributed by atoms with Crippen LogP contribution >= 0.6 is 0 Å². The molecule has 14 nitrogen and oxygen atoms in total. The number of imidazole rings is 1. The van der Waals surface area contributed by atoms with Gasteiger partial charge in [-0.05, 0) is 54.5 Å². The normalized spacial score (nSPS) is 18.7. The number of alkyl carbamates (subject to hydrolysis) is 1. The number of carbonyl (C=O) groups excluding carboxylic acids is 4. The van der Waals surface area contributed by atoms with Crippen LogP contribution in [0.5, 0.6) is 5.75 Å². The number of halogens is 4. The first kappa shape index (κ1) is 45.3. The minimum absolute atomic E-state index is 0.0411. The molecule has 18 heteroatoms. The number of carbonyl (C=O) groups is 4. The molecule has 0 saturated carbocycles. The Morgan fingerprint density at radius 3 is 2.21 bits per heavy atom. The number of nitrogens with zero attached hydrogens (tertiary/aromatic N) is 5. The van der Waals surface area contributed by atoms with Crippen LogP contribution in [0.15, 0.2) is 60.9 Å². The summed E-state index contributed by atoms with van der Waals surface area (Å²) in [6, 6.07) is 9.71. The molecule has 62 heavy (non-hydrogen) atoms. The Bertz CT molecular complexity index is 2280. The third-order valence-corrected chi connectivity index (χ3v) is 11.0. The zero-order valence-electron chi connectivity index (χ0n) is 35.9. The number of rotatable bonds is 10. The number of anilines is 2. The van der Waals surface area contributed by atoms with Gasteiger partial charge >= 0.3 is 12.5 Å². The van der Waals surface area contributed by atoms with E-state index >= 15 is 4.39 Å². The maximum atomic E-state index is 15.7. The monoisotopic (exact) mass is 864 g/mol. The van der Waals surface area contributed by atoms with Crippen LogP contribution in [0.1, 0.15) is 77.1 Å². The Morgan fingerprint density at radius 1 is 0.919 bits per heavy atom. The van der Waals surface area contributed by atoms with Gasteiger partial charge < -0.3 is 39.8 Å². The molecule has 2 aliphatic rings. The van der Waals surface area contributed by atoms with Crippen LogP contribution in [-0.4, -0.2) is 100 Å². The van der Waals surface area contributed by atoms with Crippen LogP contribution in [0, 0.1) is 23.1 Å². The molecular formula is C44H52F4N8O6. The van der Waals surface area contributed by atoms with Gasteiger partial charge in [-0.1, -0.05) is 65.8 Å². The molecule has 4 amide bonds. The lowest BCUT2D eigenvalue weighted by molar-refractivity contribution is -0.274. The minimum atomic E-state index is -5.14. The summed E-state index contributed by atoms with van der Waals surface area (Å²) >= 11 is 0. The van der Waals surface area contributed by atoms with Gasteiger partial charge in [0.15, 0.2) is 0 Å². The van der Waals surface area contributed by atoms with Gasteiger partial charge in [-0.15, -0.1) is 13.2 Å². The average molecular weight is 865 g/mol. The fourth-order valence-electron chi connectivity index (χ4n) is 7.83. The molecule has 4 atom stereocenters. The van der Waals surface area contributed by atoms with Crippen molar-refractivity contribution in [3.8, 4) is 28.1 Å². The molecule has 2 aliphatic heterocycles. The Morgan fingerprint density at radius 2 is 1.61 bits per heavy atom. The zero-order chi connectivity index (χ0) is 45.3. The van der Waals surface area contributed by atoms with Crippen molar-refractivity contribution in [1.29, 1.82) is 0 Å². The number of benzene rings is 2. The maximum Gasteiger partial charge on any atom is 0.573 e. The van der Waals surface area contributed by atoms with Gasteiger partial charge in [0.05, 0.1) is 36.3 Å². The molecule has 2 aromatic carbocycles. The Labute approximate surface area is 357 Å². The van der Waals surface area contributed by atoms with E-state index in [1.54, 1.807) is 29.3 Å². The molecule has 1 unspecified atom stereocenters. The van der Waals surface area contributed by atoms with Crippen molar-refractivity contribution < 1.29 is 46.2 Å². The predicted octanol–water partition coefficient (Wildman–Crippen LogP) is 7.80. The number of methoxy groups -OCH3 is 1. The topological polar surface area (TPSA) is 162 Å². The summed E-state index contributed by atoms with van der Waals surface area (Å²) in [5.74, 6) is -1.73. The summed E-state index contributed by atoms with van der Waals surface area (Å²) in [5.41, 5.74) is 0.151. The van der Waals surface area contributed by atoms with E-state index in [1.165, 1.54) is 31.5 Å². The molecule has 6 rings (SSSR count). The summed E-state index contributed by atoms with van der Waals surface area (Å²) in [6.45, 7) is 15.2. The molecule has 0 spiro atoms. The predicted molar refractivity (Wildman–Crippen MR) is 224 cm³/mol. The second kappa shape index (κ2) is 18.0. The highest BCUT2D eigenvalue weighted by Gasteiger charge is 2.40. The summed E-state index contributed by atoms with van der Waals surface area (Å²) in [4.78, 5) is 69.5. The standard InChI is InChI=1S/C44H52F4N8O6/c1-24(2)37(53-42(60)61-8)40(58)56-22-25(3)17-34(56)38-50-21-33(51-38)28-11-9-27(10-12-28)30-18-31(45)32(19-35(30)62-44(46,47)48)52-39(57)29-13-14-36(49-20-29)55-16-15-54(23-26(55)4)41(59)43(5,6)7/h9-14,18-21,24-26,34,37H,15-17,22-23H2,1-8H3,(H,50,51)(H,52,57)(H,53,60)/t25-,26?,34-,37-/m0/s1. The number of H-pyrrole nitrogens is 1. The fraction of sp³-hybridized carbons (Fsp3) is 0.455. The van der Waals surface area contributed by atoms with Gasteiger partial charge in [0, 0.05) is 55.5 Å². The number of likely N-dealkylation sites (tertiary alicyclic amines) is 1. The van der Waals surface area contributed by atoms with Crippen LogP contribution in [0.3, 0.4) is 0 Å². The molecule has 0 bridgehead atoms. The van der Waals surface area contributed by atoms with Crippen LogP contribution < -0.4 is 20.3 Å². The van der Waals surface area contributed by atoms with Crippen molar-refractivity contribution >= 4 is 35.3 Å². The van der Waals surface area contributed by atoms with E-state index in [1.807, 2.05) is 58.3 Å². The smallest absolute Gasteiger partial charge is 0.453 e. The van der Waals surface area contributed by atoms with Gasteiger partial charge in [-0.3, -0.25) is 14.4 Å². The number of alkyl halides is 3. The lowest BCUT2D eigenvalue weighted by Gasteiger charge is -2.42. The zero-order valence-corrected chi connectivity index (χ0v) is 35.9. The first-order valence-electron chi connectivity index (χ1n) is 20.4. The number of piperazine rings is 1. The minimum Gasteiger partial charge on any atom is -0.453 e. The highest BCUT2D eigenvalue weighted by molar-refractivity contribution is 6.04. The second-order valence-electron chi connectivity index (χ2n) is 17.2. The Hall–Kier alpha value is -6.20. The number of hydrogen-bond donors (Lipinski definition) is 3. The highest BCUT2D eigenvalue weighted by Crippen LogP contribution is 2.40. The molecule has 2 fully saturated rings. The van der Waals surface area contributed by atoms with Crippen molar-refractivity contribution in [2.75, 3.05) is 43.5 Å². The largest absolute Gasteiger partial charge is 0.573 e. The third-order valence-electron chi connectivity index (χ3n) is 11.0. The molecule has 0 aliphatic carbocycles. The number of nitrogens with one attached hydrogen (secondary N) is 3. The van der Waals surface area contributed by atoms with Crippen molar-refractivity contribution in [3.05, 3.63) is 78.1 Å². The molecule has 2 saturated heterocycles. The fourth-order valence-corrected chi connectivity index (χ4v) is 7.83. The van der Waals surface area contributed by atoms with Crippen LogP contribution in [0.4, 0.5) is 33.9 Å². The van der Waals surface area contributed by atoms with E-state index in [0.717, 1.165) is 12.1 Å². The third kappa shape index (κ3) is 10.3. The van der Waals surface area contributed by atoms with E-state index in [2.05, 4.69) is 30.3 Å². The van der Waals surface area contributed by atoms with E-state index in [9.17, 15) is 32.3 Å². The number of pyridine rings is 1. The van der Waals surface area contributed by atoms with Crippen molar-refractivity contribution in [3.63, 3.8) is 0 Å². The highest BCUT2D eigenvalue weighted by atomic mass is 19.4. The SMILES string of the molecule is COC(=O)N[C@H](C(=O)N1C[C@@H](C)C[C@H]1c1ncc(-c2ccc(-c3cc(F)c(NC(=O)c4ccc(N5CCN(C(=O)C(C)(C)C)CC5C)nc4)cc3OC(F)(F)F)cc2)[nH]1)C(C)C. The summed E-state index contributed by atoms with van der Waals surface area (Å²) in [6.07, 6.45) is -2.35. The first-order chi connectivity index (χ1) is 29.1. The van der Waals surface area contributed by atoms with Crippen LogP contribution in [-0.2, 0) is 14.3 Å². The molecule has 4 aromatic rings. The van der Waals surface area contributed by atoms with Crippen molar-refractivity contribution in [2.24, 2.45) is 17.3 Å². The van der Waals surface area contributed by atoms with Crippen LogP contribution in [0.25, 0.3) is 22.4 Å². The number of amides is 4. The van der Waals surface area contributed by atoms with E-state index < -0.39 is 53.1 Å². The van der Waals surface area contributed by atoms with E-state index in [-0.39, 0.29) is 46.4 Å². The number of aromatic nitrogens is 3. The Kier molecular flexibility index (Phi) is 13.2.